The predicted octanol–water partition coefficient (Wildman–Crippen LogP) is 4.06. The van der Waals surface area contributed by atoms with Gasteiger partial charge in [-0.2, -0.15) is 13.2 Å². The zero-order chi connectivity index (χ0) is 22.0. The van der Waals surface area contributed by atoms with Crippen molar-refractivity contribution >= 4 is 28.9 Å². The summed E-state index contributed by atoms with van der Waals surface area (Å²) in [7, 11) is 0. The predicted molar refractivity (Wildman–Crippen MR) is 110 cm³/mol. The van der Waals surface area contributed by atoms with Crippen molar-refractivity contribution in [2.45, 2.75) is 25.4 Å². The Morgan fingerprint density at radius 1 is 1.06 bits per heavy atom. The van der Waals surface area contributed by atoms with Gasteiger partial charge >= 0.3 is 6.18 Å². The molecule has 0 spiro atoms. The van der Waals surface area contributed by atoms with Crippen molar-refractivity contribution in [3.63, 3.8) is 0 Å². The normalized spacial score (nSPS) is 16.2. The van der Waals surface area contributed by atoms with E-state index in [2.05, 4.69) is 5.32 Å². The Balaban J connectivity index is 1.50. The van der Waals surface area contributed by atoms with Gasteiger partial charge in [0.2, 0.25) is 5.91 Å². The van der Waals surface area contributed by atoms with Crippen LogP contribution in [0.5, 0.6) is 5.75 Å². The summed E-state index contributed by atoms with van der Waals surface area (Å²) < 4.78 is 45.0. The van der Waals surface area contributed by atoms with E-state index in [4.69, 9.17) is 4.74 Å². The van der Waals surface area contributed by atoms with E-state index in [0.717, 1.165) is 38.1 Å². The fraction of sp³-hybridized carbons (Fsp3) is 0.364. The smallest absolute Gasteiger partial charge is 0.416 e. The second-order valence-corrected chi connectivity index (χ2v) is 7.52. The summed E-state index contributed by atoms with van der Waals surface area (Å²) in [5.74, 6) is -0.184. The van der Waals surface area contributed by atoms with Crippen molar-refractivity contribution in [1.29, 1.82) is 0 Å². The average molecular weight is 433 g/mol. The second kappa shape index (κ2) is 8.49. The molecular formula is C22H22F3N3O3. The number of carbonyl (C=O) groups is 2. The number of rotatable bonds is 5. The summed E-state index contributed by atoms with van der Waals surface area (Å²) in [5.41, 5.74) is 0.466. The van der Waals surface area contributed by atoms with Crippen LogP contribution in [0.1, 0.15) is 24.8 Å². The fourth-order valence-corrected chi connectivity index (χ4v) is 3.87. The summed E-state index contributed by atoms with van der Waals surface area (Å²) in [5, 5.41) is 2.63. The van der Waals surface area contributed by atoms with E-state index in [1.165, 1.54) is 11.0 Å². The largest absolute Gasteiger partial charge is 0.482 e. The van der Waals surface area contributed by atoms with E-state index in [0.29, 0.717) is 17.1 Å². The van der Waals surface area contributed by atoms with Crippen molar-refractivity contribution in [3.8, 4) is 5.75 Å². The first-order valence-corrected chi connectivity index (χ1v) is 10.1. The first-order chi connectivity index (χ1) is 14.8. The molecule has 2 aliphatic rings. The molecule has 0 radical (unpaired) electrons. The van der Waals surface area contributed by atoms with Gasteiger partial charge in [0.25, 0.3) is 5.91 Å². The number of halogens is 3. The van der Waals surface area contributed by atoms with Crippen molar-refractivity contribution < 1.29 is 27.5 Å². The molecular weight excluding hydrogens is 411 g/mol. The van der Waals surface area contributed by atoms with Crippen LogP contribution < -0.4 is 19.9 Å². The summed E-state index contributed by atoms with van der Waals surface area (Å²) in [6.07, 6.45) is -2.66. The molecule has 2 aromatic carbocycles. The van der Waals surface area contributed by atoms with Crippen LogP contribution in [0, 0.1) is 0 Å². The third-order valence-electron chi connectivity index (χ3n) is 5.42. The summed E-state index contributed by atoms with van der Waals surface area (Å²) in [6, 6.07) is 10.4. The SMILES string of the molecule is O=C(CCN1C(=O)COc2ccccc21)Nc1cc(C(F)(F)F)ccc1N1CCCC1. The van der Waals surface area contributed by atoms with Gasteiger partial charge in [-0.3, -0.25) is 9.59 Å². The van der Waals surface area contributed by atoms with Crippen molar-refractivity contribution in [3.05, 3.63) is 48.0 Å². The minimum absolute atomic E-state index is 0.0598. The Labute approximate surface area is 177 Å². The zero-order valence-electron chi connectivity index (χ0n) is 16.7. The summed E-state index contributed by atoms with van der Waals surface area (Å²) >= 11 is 0. The Bertz CT molecular complexity index is 987. The number of anilines is 3. The summed E-state index contributed by atoms with van der Waals surface area (Å²) in [4.78, 5) is 28.3. The topological polar surface area (TPSA) is 61.9 Å². The lowest BCUT2D eigenvalue weighted by Crippen LogP contribution is -2.40. The third kappa shape index (κ3) is 4.60. The highest BCUT2D eigenvalue weighted by molar-refractivity contribution is 5.99. The average Bonchev–Trinajstić information content (AvgIpc) is 3.27. The lowest BCUT2D eigenvalue weighted by atomic mass is 10.1. The van der Waals surface area contributed by atoms with Crippen LogP contribution in [0.15, 0.2) is 42.5 Å². The van der Waals surface area contributed by atoms with Gasteiger partial charge in [-0.25, -0.2) is 0 Å². The number of ether oxygens (including phenoxy) is 1. The van der Waals surface area contributed by atoms with Crippen LogP contribution in [0.25, 0.3) is 0 Å². The molecule has 2 amide bonds. The highest BCUT2D eigenvalue weighted by atomic mass is 19.4. The number of para-hydroxylation sites is 2. The van der Waals surface area contributed by atoms with Crippen molar-refractivity contribution in [2.75, 3.05) is 41.4 Å². The number of fused-ring (bicyclic) bond motifs is 1. The minimum atomic E-state index is -4.51. The lowest BCUT2D eigenvalue weighted by molar-refractivity contribution is -0.137. The van der Waals surface area contributed by atoms with Gasteiger partial charge in [0.05, 0.1) is 22.6 Å². The Morgan fingerprint density at radius 2 is 1.81 bits per heavy atom. The molecule has 1 saturated heterocycles. The maximum Gasteiger partial charge on any atom is 0.416 e. The molecule has 9 heteroatoms. The quantitative estimate of drug-likeness (QED) is 0.773. The molecule has 0 aliphatic carbocycles. The number of benzene rings is 2. The number of hydrogen-bond donors (Lipinski definition) is 1. The Hall–Kier alpha value is -3.23. The maximum atomic E-state index is 13.2. The maximum absolute atomic E-state index is 13.2. The van der Waals surface area contributed by atoms with E-state index in [-0.39, 0.29) is 31.2 Å². The van der Waals surface area contributed by atoms with E-state index in [1.807, 2.05) is 4.90 Å². The Morgan fingerprint density at radius 3 is 2.55 bits per heavy atom. The van der Waals surface area contributed by atoms with Gasteiger partial charge in [0.1, 0.15) is 5.75 Å². The molecule has 0 unspecified atom stereocenters. The van der Waals surface area contributed by atoms with E-state index in [1.54, 1.807) is 24.3 Å². The van der Waals surface area contributed by atoms with E-state index < -0.39 is 17.6 Å². The molecule has 0 atom stereocenters. The molecule has 6 nitrogen and oxygen atoms in total. The minimum Gasteiger partial charge on any atom is -0.482 e. The Kier molecular flexibility index (Phi) is 5.75. The fourth-order valence-electron chi connectivity index (χ4n) is 3.87. The number of hydrogen-bond acceptors (Lipinski definition) is 4. The van der Waals surface area contributed by atoms with Gasteiger partial charge in [-0.05, 0) is 43.2 Å². The number of nitrogens with one attached hydrogen (secondary N) is 1. The molecule has 0 aromatic heterocycles. The molecule has 1 N–H and O–H groups in total. The van der Waals surface area contributed by atoms with Crippen LogP contribution >= 0.6 is 0 Å². The first kappa shape index (κ1) is 21.0. The first-order valence-electron chi connectivity index (χ1n) is 10.1. The van der Waals surface area contributed by atoms with Gasteiger partial charge in [0.15, 0.2) is 6.61 Å². The van der Waals surface area contributed by atoms with Crippen molar-refractivity contribution in [2.24, 2.45) is 0 Å². The molecule has 2 aromatic rings. The standard InChI is InChI=1S/C22H22F3N3O3/c23-22(24,25)15-7-8-17(27-10-3-4-11-27)16(13-15)26-20(29)9-12-28-18-5-1-2-6-19(18)31-14-21(28)30/h1-2,5-8,13H,3-4,9-12,14H2,(H,26,29). The highest BCUT2D eigenvalue weighted by Crippen LogP contribution is 2.37. The zero-order valence-corrected chi connectivity index (χ0v) is 16.7. The number of alkyl halides is 3. The summed E-state index contributed by atoms with van der Waals surface area (Å²) in [6.45, 7) is 1.44. The van der Waals surface area contributed by atoms with Crippen molar-refractivity contribution in [1.82, 2.24) is 0 Å². The number of nitrogens with zero attached hydrogens (tertiary/aromatic N) is 2. The van der Waals surface area contributed by atoms with Gasteiger partial charge in [0, 0.05) is 26.1 Å². The molecule has 2 heterocycles. The van der Waals surface area contributed by atoms with Crippen LogP contribution in [0.4, 0.5) is 30.2 Å². The van der Waals surface area contributed by atoms with Crippen LogP contribution in [-0.4, -0.2) is 38.1 Å². The molecule has 2 aliphatic heterocycles. The van der Waals surface area contributed by atoms with Crippen LogP contribution in [-0.2, 0) is 15.8 Å². The van der Waals surface area contributed by atoms with Gasteiger partial charge < -0.3 is 19.9 Å². The number of carbonyl (C=O) groups excluding carboxylic acids is 2. The van der Waals surface area contributed by atoms with E-state index >= 15 is 0 Å². The highest BCUT2D eigenvalue weighted by Gasteiger charge is 2.32. The van der Waals surface area contributed by atoms with Gasteiger partial charge in [-0.1, -0.05) is 12.1 Å². The van der Waals surface area contributed by atoms with Gasteiger partial charge in [-0.15, -0.1) is 0 Å². The second-order valence-electron chi connectivity index (χ2n) is 7.52. The molecule has 164 valence electrons. The van der Waals surface area contributed by atoms with E-state index in [9.17, 15) is 22.8 Å². The molecule has 1 fully saturated rings. The monoisotopic (exact) mass is 433 g/mol. The third-order valence-corrected chi connectivity index (χ3v) is 5.42. The molecule has 4 rings (SSSR count). The number of amides is 2. The molecule has 0 bridgehead atoms. The molecule has 0 saturated carbocycles. The van der Waals surface area contributed by atoms with Crippen LogP contribution in [0.3, 0.4) is 0 Å². The lowest BCUT2D eigenvalue weighted by Gasteiger charge is -2.29. The molecule has 31 heavy (non-hydrogen) atoms. The van der Waals surface area contributed by atoms with Crippen LogP contribution in [0.2, 0.25) is 0 Å².